The zero-order valence-electron chi connectivity index (χ0n) is 7.42. The van der Waals surface area contributed by atoms with E-state index in [0.29, 0.717) is 5.92 Å². The first kappa shape index (κ1) is 7.47. The lowest BCUT2D eigenvalue weighted by Gasteiger charge is -2.06. The topological polar surface area (TPSA) is 21.3 Å². The van der Waals surface area contributed by atoms with Crippen molar-refractivity contribution >= 4 is 5.69 Å². The van der Waals surface area contributed by atoms with Crippen LogP contribution in [-0.4, -0.2) is 13.7 Å². The fourth-order valence-corrected chi connectivity index (χ4v) is 1.68. The quantitative estimate of drug-likeness (QED) is 0.685. The minimum Gasteiger partial charge on any atom is -0.495 e. The molecule has 0 fully saturated rings. The molecule has 2 nitrogen and oxygen atoms in total. The molecular weight excluding hydrogens is 150 g/mol. The molecule has 0 saturated carbocycles. The SMILES string of the molecule is COc1cccc2c1NCC2C. The number of hydrogen-bond acceptors (Lipinski definition) is 2. The zero-order chi connectivity index (χ0) is 8.55. The normalized spacial score (nSPS) is 20.0. The third-order valence-electron chi connectivity index (χ3n) is 2.39. The van der Waals surface area contributed by atoms with Crippen LogP contribution in [0.2, 0.25) is 0 Å². The van der Waals surface area contributed by atoms with E-state index in [1.54, 1.807) is 7.11 Å². The van der Waals surface area contributed by atoms with Gasteiger partial charge in [0.2, 0.25) is 0 Å². The highest BCUT2D eigenvalue weighted by Crippen LogP contribution is 2.37. The van der Waals surface area contributed by atoms with Crippen LogP contribution in [0.25, 0.3) is 0 Å². The van der Waals surface area contributed by atoms with Crippen LogP contribution in [0.3, 0.4) is 0 Å². The van der Waals surface area contributed by atoms with Gasteiger partial charge in [0.15, 0.2) is 0 Å². The Bertz CT molecular complexity index is 296. The maximum Gasteiger partial charge on any atom is 0.142 e. The largest absolute Gasteiger partial charge is 0.495 e. The average Bonchev–Trinajstić information content (AvgIpc) is 2.48. The van der Waals surface area contributed by atoms with Gasteiger partial charge in [-0.25, -0.2) is 0 Å². The van der Waals surface area contributed by atoms with Crippen molar-refractivity contribution in [2.24, 2.45) is 0 Å². The Morgan fingerprint density at radius 1 is 1.50 bits per heavy atom. The summed E-state index contributed by atoms with van der Waals surface area (Å²) in [6, 6.07) is 6.19. The Balaban J connectivity index is 2.50. The number of benzene rings is 1. The van der Waals surface area contributed by atoms with E-state index in [1.807, 2.05) is 12.1 Å². The smallest absolute Gasteiger partial charge is 0.142 e. The summed E-state index contributed by atoms with van der Waals surface area (Å²) in [6.45, 7) is 3.24. The highest BCUT2D eigenvalue weighted by atomic mass is 16.5. The first-order valence-electron chi connectivity index (χ1n) is 4.23. The molecule has 64 valence electrons. The van der Waals surface area contributed by atoms with Gasteiger partial charge in [0, 0.05) is 12.5 Å². The predicted molar refractivity (Wildman–Crippen MR) is 49.9 cm³/mol. The highest BCUT2D eigenvalue weighted by Gasteiger charge is 2.20. The van der Waals surface area contributed by atoms with Crippen molar-refractivity contribution in [3.8, 4) is 5.75 Å². The molecule has 1 unspecified atom stereocenters. The van der Waals surface area contributed by atoms with Gasteiger partial charge in [-0.05, 0) is 11.6 Å². The van der Waals surface area contributed by atoms with E-state index in [2.05, 4.69) is 18.3 Å². The van der Waals surface area contributed by atoms with Crippen molar-refractivity contribution in [3.05, 3.63) is 23.8 Å². The van der Waals surface area contributed by atoms with E-state index in [-0.39, 0.29) is 0 Å². The summed E-state index contributed by atoms with van der Waals surface area (Å²) in [5, 5.41) is 3.34. The van der Waals surface area contributed by atoms with Crippen molar-refractivity contribution < 1.29 is 4.74 Å². The molecule has 0 radical (unpaired) electrons. The van der Waals surface area contributed by atoms with Gasteiger partial charge in [0.25, 0.3) is 0 Å². The second-order valence-corrected chi connectivity index (χ2v) is 3.21. The van der Waals surface area contributed by atoms with E-state index in [1.165, 1.54) is 11.3 Å². The second kappa shape index (κ2) is 2.70. The minimum absolute atomic E-state index is 0.607. The van der Waals surface area contributed by atoms with Crippen LogP contribution in [0, 0.1) is 0 Å². The maximum absolute atomic E-state index is 5.24. The minimum atomic E-state index is 0.607. The molecule has 0 amide bonds. The van der Waals surface area contributed by atoms with Crippen molar-refractivity contribution in [2.75, 3.05) is 19.0 Å². The highest BCUT2D eigenvalue weighted by molar-refractivity contribution is 5.66. The van der Waals surface area contributed by atoms with Crippen LogP contribution in [0.5, 0.6) is 5.75 Å². The zero-order valence-corrected chi connectivity index (χ0v) is 7.42. The van der Waals surface area contributed by atoms with Gasteiger partial charge < -0.3 is 10.1 Å². The first-order chi connectivity index (χ1) is 5.83. The predicted octanol–water partition coefficient (Wildman–Crippen LogP) is 2.22. The lowest BCUT2D eigenvalue weighted by atomic mass is 10.0. The summed E-state index contributed by atoms with van der Waals surface area (Å²) in [7, 11) is 1.71. The molecule has 0 spiro atoms. The number of para-hydroxylation sites is 1. The summed E-state index contributed by atoms with van der Waals surface area (Å²) in [4.78, 5) is 0. The Hall–Kier alpha value is -1.18. The number of ether oxygens (including phenoxy) is 1. The summed E-state index contributed by atoms with van der Waals surface area (Å²) < 4.78 is 5.24. The van der Waals surface area contributed by atoms with Crippen LogP contribution >= 0.6 is 0 Å². The number of rotatable bonds is 1. The number of methoxy groups -OCH3 is 1. The standard InChI is InChI=1S/C10H13NO/c1-7-6-11-10-8(7)4-3-5-9(10)12-2/h3-5,7,11H,6H2,1-2H3. The molecule has 0 aromatic heterocycles. The van der Waals surface area contributed by atoms with Gasteiger partial charge in [0.1, 0.15) is 5.75 Å². The van der Waals surface area contributed by atoms with Crippen LogP contribution in [-0.2, 0) is 0 Å². The van der Waals surface area contributed by atoms with E-state index < -0.39 is 0 Å². The van der Waals surface area contributed by atoms with Crippen LogP contribution in [0.15, 0.2) is 18.2 Å². The Morgan fingerprint density at radius 2 is 2.33 bits per heavy atom. The summed E-state index contributed by atoms with van der Waals surface area (Å²) in [6.07, 6.45) is 0. The number of anilines is 1. The van der Waals surface area contributed by atoms with Crippen LogP contribution < -0.4 is 10.1 Å². The fraction of sp³-hybridized carbons (Fsp3) is 0.400. The first-order valence-corrected chi connectivity index (χ1v) is 4.23. The van der Waals surface area contributed by atoms with Gasteiger partial charge in [-0.2, -0.15) is 0 Å². The molecule has 0 aliphatic carbocycles. The summed E-state index contributed by atoms with van der Waals surface area (Å²) in [5.74, 6) is 1.56. The molecule has 1 N–H and O–H groups in total. The van der Waals surface area contributed by atoms with E-state index in [0.717, 1.165) is 12.3 Å². The van der Waals surface area contributed by atoms with Crippen LogP contribution in [0.4, 0.5) is 5.69 Å². The summed E-state index contributed by atoms with van der Waals surface area (Å²) >= 11 is 0. The molecule has 0 saturated heterocycles. The molecule has 1 heterocycles. The van der Waals surface area contributed by atoms with Gasteiger partial charge in [-0.1, -0.05) is 19.1 Å². The fourth-order valence-electron chi connectivity index (χ4n) is 1.68. The van der Waals surface area contributed by atoms with E-state index >= 15 is 0 Å². The van der Waals surface area contributed by atoms with Gasteiger partial charge in [-0.15, -0.1) is 0 Å². The molecule has 1 aliphatic heterocycles. The lowest BCUT2D eigenvalue weighted by molar-refractivity contribution is 0.416. The Kier molecular flexibility index (Phi) is 1.68. The van der Waals surface area contributed by atoms with Crippen molar-refractivity contribution in [1.29, 1.82) is 0 Å². The molecule has 12 heavy (non-hydrogen) atoms. The number of nitrogens with one attached hydrogen (secondary N) is 1. The van der Waals surface area contributed by atoms with Gasteiger partial charge in [-0.3, -0.25) is 0 Å². The second-order valence-electron chi connectivity index (χ2n) is 3.21. The molecular formula is C10H13NO. The molecule has 2 rings (SSSR count). The maximum atomic E-state index is 5.24. The monoisotopic (exact) mass is 163 g/mol. The third kappa shape index (κ3) is 0.951. The summed E-state index contributed by atoms with van der Waals surface area (Å²) in [5.41, 5.74) is 2.54. The number of fused-ring (bicyclic) bond motifs is 1. The third-order valence-corrected chi connectivity index (χ3v) is 2.39. The van der Waals surface area contributed by atoms with Gasteiger partial charge >= 0.3 is 0 Å². The van der Waals surface area contributed by atoms with Gasteiger partial charge in [0.05, 0.1) is 12.8 Å². The lowest BCUT2D eigenvalue weighted by Crippen LogP contribution is -1.96. The number of hydrogen-bond donors (Lipinski definition) is 1. The Labute approximate surface area is 72.5 Å². The molecule has 1 atom stereocenters. The Morgan fingerprint density at radius 3 is 3.08 bits per heavy atom. The average molecular weight is 163 g/mol. The molecule has 2 heteroatoms. The van der Waals surface area contributed by atoms with Crippen molar-refractivity contribution in [2.45, 2.75) is 12.8 Å². The molecule has 1 aromatic carbocycles. The van der Waals surface area contributed by atoms with Crippen molar-refractivity contribution in [3.63, 3.8) is 0 Å². The molecule has 0 bridgehead atoms. The molecule has 1 aliphatic rings. The molecule has 1 aromatic rings. The van der Waals surface area contributed by atoms with E-state index in [9.17, 15) is 0 Å². The van der Waals surface area contributed by atoms with Crippen LogP contribution in [0.1, 0.15) is 18.4 Å². The van der Waals surface area contributed by atoms with Crippen molar-refractivity contribution in [1.82, 2.24) is 0 Å². The van der Waals surface area contributed by atoms with E-state index in [4.69, 9.17) is 4.74 Å².